The van der Waals surface area contributed by atoms with Crippen LogP contribution in [0, 0.1) is 13.8 Å². The van der Waals surface area contributed by atoms with Crippen LogP contribution >= 0.6 is 0 Å². The van der Waals surface area contributed by atoms with Gasteiger partial charge in [0.1, 0.15) is 0 Å². The number of amides is 1. The van der Waals surface area contributed by atoms with Gasteiger partial charge >= 0.3 is 0 Å². The van der Waals surface area contributed by atoms with E-state index in [-0.39, 0.29) is 11.9 Å². The van der Waals surface area contributed by atoms with Crippen LogP contribution < -0.4 is 14.8 Å². The highest BCUT2D eigenvalue weighted by Crippen LogP contribution is 2.30. The fraction of sp³-hybridized carbons (Fsp3) is 0.409. The summed E-state index contributed by atoms with van der Waals surface area (Å²) in [4.78, 5) is 12.4. The van der Waals surface area contributed by atoms with Crippen LogP contribution in [-0.2, 0) is 11.2 Å². The zero-order valence-electron chi connectivity index (χ0n) is 16.4. The molecule has 1 unspecified atom stereocenters. The normalized spacial score (nSPS) is 11.7. The van der Waals surface area contributed by atoms with Crippen molar-refractivity contribution in [2.75, 3.05) is 14.2 Å². The maximum absolute atomic E-state index is 12.4. The number of hydrogen-bond acceptors (Lipinski definition) is 3. The van der Waals surface area contributed by atoms with Crippen molar-refractivity contribution in [3.8, 4) is 11.5 Å². The molecule has 140 valence electrons. The molecule has 4 nitrogen and oxygen atoms in total. The summed E-state index contributed by atoms with van der Waals surface area (Å²) in [6.07, 6.45) is 2.03. The maximum atomic E-state index is 12.4. The number of aryl methyl sites for hydroxylation is 3. The van der Waals surface area contributed by atoms with E-state index >= 15 is 0 Å². The summed E-state index contributed by atoms with van der Waals surface area (Å²) in [5.74, 6) is 1.42. The van der Waals surface area contributed by atoms with Gasteiger partial charge in [0.25, 0.3) is 0 Å². The Morgan fingerprint density at radius 1 is 1.00 bits per heavy atom. The minimum absolute atomic E-state index is 0.0398. The van der Waals surface area contributed by atoms with Gasteiger partial charge in [0.2, 0.25) is 5.91 Å². The first-order chi connectivity index (χ1) is 12.5. The van der Waals surface area contributed by atoms with Gasteiger partial charge in [-0.3, -0.25) is 4.79 Å². The van der Waals surface area contributed by atoms with Gasteiger partial charge < -0.3 is 14.8 Å². The third kappa shape index (κ3) is 5.01. The van der Waals surface area contributed by atoms with E-state index < -0.39 is 0 Å². The number of hydrogen-bond donors (Lipinski definition) is 1. The Bertz CT molecular complexity index is 755. The molecule has 2 aromatic carbocycles. The molecule has 0 aromatic heterocycles. The maximum Gasteiger partial charge on any atom is 0.220 e. The summed E-state index contributed by atoms with van der Waals surface area (Å²) in [6.45, 7) is 6.26. The van der Waals surface area contributed by atoms with Crippen LogP contribution in [0.1, 0.15) is 48.1 Å². The minimum atomic E-state index is -0.0398. The van der Waals surface area contributed by atoms with Crippen LogP contribution in [0.15, 0.2) is 36.4 Å². The van der Waals surface area contributed by atoms with Crippen molar-refractivity contribution in [3.05, 3.63) is 58.7 Å². The van der Waals surface area contributed by atoms with Gasteiger partial charge in [0.15, 0.2) is 11.5 Å². The summed E-state index contributed by atoms with van der Waals surface area (Å²) < 4.78 is 10.6. The van der Waals surface area contributed by atoms with E-state index in [4.69, 9.17) is 9.47 Å². The summed E-state index contributed by atoms with van der Waals surface area (Å²) in [7, 11) is 3.23. The predicted molar refractivity (Wildman–Crippen MR) is 105 cm³/mol. The third-order valence-corrected chi connectivity index (χ3v) is 4.77. The summed E-state index contributed by atoms with van der Waals surface area (Å²) in [5, 5.41) is 3.13. The zero-order chi connectivity index (χ0) is 19.1. The van der Waals surface area contributed by atoms with Crippen LogP contribution in [-0.4, -0.2) is 20.1 Å². The van der Waals surface area contributed by atoms with Gasteiger partial charge in [-0.25, -0.2) is 0 Å². The molecule has 0 radical (unpaired) electrons. The van der Waals surface area contributed by atoms with E-state index in [1.54, 1.807) is 14.2 Å². The van der Waals surface area contributed by atoms with Gasteiger partial charge in [-0.15, -0.1) is 0 Å². The molecule has 0 aliphatic rings. The largest absolute Gasteiger partial charge is 0.493 e. The summed E-state index contributed by atoms with van der Waals surface area (Å²) in [6, 6.07) is 12.1. The number of carbonyl (C=O) groups excluding carboxylic acids is 1. The van der Waals surface area contributed by atoms with E-state index in [2.05, 4.69) is 44.3 Å². The first-order valence-electron chi connectivity index (χ1n) is 9.05. The first kappa shape index (κ1) is 19.8. The van der Waals surface area contributed by atoms with Crippen molar-refractivity contribution in [2.24, 2.45) is 0 Å². The molecule has 0 spiro atoms. The van der Waals surface area contributed by atoms with Gasteiger partial charge in [0.05, 0.1) is 20.3 Å². The van der Waals surface area contributed by atoms with Crippen LogP contribution in [0.4, 0.5) is 0 Å². The Morgan fingerprint density at radius 2 is 1.73 bits per heavy atom. The highest BCUT2D eigenvalue weighted by Gasteiger charge is 2.15. The van der Waals surface area contributed by atoms with E-state index in [1.165, 1.54) is 16.7 Å². The smallest absolute Gasteiger partial charge is 0.220 e. The van der Waals surface area contributed by atoms with Gasteiger partial charge in [0, 0.05) is 6.42 Å². The van der Waals surface area contributed by atoms with Gasteiger partial charge in [-0.05, 0) is 61.1 Å². The van der Waals surface area contributed by atoms with Gasteiger partial charge in [-0.1, -0.05) is 31.2 Å². The molecule has 0 bridgehead atoms. The van der Waals surface area contributed by atoms with Crippen LogP contribution in [0.2, 0.25) is 0 Å². The average Bonchev–Trinajstić information content (AvgIpc) is 2.66. The molecule has 26 heavy (non-hydrogen) atoms. The lowest BCUT2D eigenvalue weighted by Crippen LogP contribution is -2.28. The SMILES string of the molecule is CCC(NC(=O)CCc1ccc(C)c(C)c1)c1ccc(OC)c(OC)c1. The highest BCUT2D eigenvalue weighted by atomic mass is 16.5. The van der Waals surface area contributed by atoms with Crippen molar-refractivity contribution < 1.29 is 14.3 Å². The minimum Gasteiger partial charge on any atom is -0.493 e. The van der Waals surface area contributed by atoms with Crippen molar-refractivity contribution in [2.45, 2.75) is 46.1 Å². The molecule has 1 atom stereocenters. The summed E-state index contributed by atoms with van der Waals surface area (Å²) >= 11 is 0. The van der Waals surface area contributed by atoms with E-state index in [0.717, 1.165) is 18.4 Å². The molecule has 0 aliphatic carbocycles. The molecular formula is C22H29NO3. The number of benzene rings is 2. The molecule has 0 aliphatic heterocycles. The lowest BCUT2D eigenvalue weighted by Gasteiger charge is -2.19. The Kier molecular flexibility index (Phi) is 7.07. The Hall–Kier alpha value is -2.49. The Balaban J connectivity index is 2.00. The van der Waals surface area contributed by atoms with Crippen molar-refractivity contribution in [3.63, 3.8) is 0 Å². The van der Waals surface area contributed by atoms with E-state index in [9.17, 15) is 4.79 Å². The van der Waals surface area contributed by atoms with Crippen LogP contribution in [0.5, 0.6) is 11.5 Å². The average molecular weight is 355 g/mol. The molecule has 2 rings (SSSR count). The predicted octanol–water partition coefficient (Wildman–Crippen LogP) is 4.52. The molecule has 2 aromatic rings. The molecular weight excluding hydrogens is 326 g/mol. The first-order valence-corrected chi connectivity index (χ1v) is 9.05. The second kappa shape index (κ2) is 9.27. The van der Waals surface area contributed by atoms with E-state index in [0.29, 0.717) is 17.9 Å². The highest BCUT2D eigenvalue weighted by molar-refractivity contribution is 5.76. The van der Waals surface area contributed by atoms with Crippen molar-refractivity contribution >= 4 is 5.91 Å². The molecule has 1 N–H and O–H groups in total. The number of ether oxygens (including phenoxy) is 2. The fourth-order valence-electron chi connectivity index (χ4n) is 2.97. The molecule has 1 amide bonds. The lowest BCUT2D eigenvalue weighted by atomic mass is 10.0. The Labute approximate surface area is 156 Å². The fourth-order valence-corrected chi connectivity index (χ4v) is 2.97. The molecule has 4 heteroatoms. The standard InChI is InChI=1S/C22H29NO3/c1-6-19(18-10-11-20(25-4)21(14-18)26-5)23-22(24)12-9-17-8-7-15(2)16(3)13-17/h7-8,10-11,13-14,19H,6,9,12H2,1-5H3,(H,23,24). The number of nitrogens with one attached hydrogen (secondary N) is 1. The quantitative estimate of drug-likeness (QED) is 0.757. The summed E-state index contributed by atoms with van der Waals surface area (Å²) in [5.41, 5.74) is 4.75. The van der Waals surface area contributed by atoms with E-state index in [1.807, 2.05) is 18.2 Å². The van der Waals surface area contributed by atoms with Crippen LogP contribution in [0.3, 0.4) is 0 Å². The number of methoxy groups -OCH3 is 2. The Morgan fingerprint density at radius 3 is 2.35 bits per heavy atom. The lowest BCUT2D eigenvalue weighted by molar-refractivity contribution is -0.121. The van der Waals surface area contributed by atoms with Crippen LogP contribution in [0.25, 0.3) is 0 Å². The number of carbonyl (C=O) groups is 1. The van der Waals surface area contributed by atoms with Crippen molar-refractivity contribution in [1.29, 1.82) is 0 Å². The molecule has 0 fully saturated rings. The second-order valence-corrected chi connectivity index (χ2v) is 6.56. The second-order valence-electron chi connectivity index (χ2n) is 6.56. The molecule has 0 saturated carbocycles. The molecule has 0 saturated heterocycles. The number of rotatable bonds is 8. The van der Waals surface area contributed by atoms with Gasteiger partial charge in [-0.2, -0.15) is 0 Å². The van der Waals surface area contributed by atoms with Crippen molar-refractivity contribution in [1.82, 2.24) is 5.32 Å². The topological polar surface area (TPSA) is 47.6 Å². The monoisotopic (exact) mass is 355 g/mol. The third-order valence-electron chi connectivity index (χ3n) is 4.77. The molecule has 0 heterocycles. The zero-order valence-corrected chi connectivity index (χ0v) is 16.4.